The molecule has 2 saturated heterocycles. The fraction of sp³-hybridized carbons (Fsp3) is 0.500. The van der Waals surface area contributed by atoms with Crippen LogP contribution in [0.5, 0.6) is 0 Å². The van der Waals surface area contributed by atoms with Crippen molar-refractivity contribution < 1.29 is 4.79 Å². The fourth-order valence-corrected chi connectivity index (χ4v) is 3.92. The number of hydrogen-bond acceptors (Lipinski definition) is 5. The standard InChI is InChI=1S/C22H30N6O/c1-16-6-7-19(14-17(16)2)24-22(29)28-12-10-27(11-13-28)21-23-18(3)15-20(25-21)26-8-4-5-9-26/h6-7,14-15H,4-5,8-13H2,1-3H3,(H,24,29). The van der Waals surface area contributed by atoms with Crippen LogP contribution in [0.1, 0.15) is 29.7 Å². The molecule has 2 amide bonds. The van der Waals surface area contributed by atoms with Crippen LogP contribution in [-0.4, -0.2) is 60.2 Å². The normalized spacial score (nSPS) is 17.0. The second-order valence-electron chi connectivity index (χ2n) is 8.06. The topological polar surface area (TPSA) is 64.6 Å². The van der Waals surface area contributed by atoms with E-state index < -0.39 is 0 Å². The third-order valence-electron chi connectivity index (χ3n) is 5.87. The fourth-order valence-electron chi connectivity index (χ4n) is 3.92. The summed E-state index contributed by atoms with van der Waals surface area (Å²) >= 11 is 0. The quantitative estimate of drug-likeness (QED) is 0.865. The van der Waals surface area contributed by atoms with Crippen LogP contribution in [0.25, 0.3) is 0 Å². The van der Waals surface area contributed by atoms with Gasteiger partial charge in [-0.1, -0.05) is 6.07 Å². The second-order valence-corrected chi connectivity index (χ2v) is 8.06. The molecule has 1 N–H and O–H groups in total. The first-order valence-corrected chi connectivity index (χ1v) is 10.5. The minimum absolute atomic E-state index is 0.0455. The molecule has 7 nitrogen and oxygen atoms in total. The van der Waals surface area contributed by atoms with Gasteiger partial charge in [-0.05, 0) is 56.9 Å². The van der Waals surface area contributed by atoms with Crippen LogP contribution < -0.4 is 15.1 Å². The largest absolute Gasteiger partial charge is 0.356 e. The van der Waals surface area contributed by atoms with Crippen LogP contribution in [-0.2, 0) is 0 Å². The molecule has 0 atom stereocenters. The van der Waals surface area contributed by atoms with E-state index >= 15 is 0 Å². The van der Waals surface area contributed by atoms with Gasteiger partial charge in [0.15, 0.2) is 0 Å². The first-order chi connectivity index (χ1) is 14.0. The number of piperazine rings is 1. The second kappa shape index (κ2) is 8.27. The number of benzene rings is 1. The van der Waals surface area contributed by atoms with Crippen molar-refractivity contribution in [3.05, 3.63) is 41.1 Å². The van der Waals surface area contributed by atoms with Gasteiger partial charge in [-0.3, -0.25) is 0 Å². The van der Waals surface area contributed by atoms with Crippen LogP contribution in [0.2, 0.25) is 0 Å². The van der Waals surface area contributed by atoms with Crippen LogP contribution in [0.15, 0.2) is 24.3 Å². The van der Waals surface area contributed by atoms with Crippen molar-refractivity contribution >= 4 is 23.5 Å². The number of aryl methyl sites for hydroxylation is 3. The molecule has 3 heterocycles. The van der Waals surface area contributed by atoms with Crippen molar-refractivity contribution in [2.24, 2.45) is 0 Å². The van der Waals surface area contributed by atoms with E-state index in [1.54, 1.807) is 0 Å². The average Bonchev–Trinajstić information content (AvgIpc) is 3.25. The highest BCUT2D eigenvalue weighted by molar-refractivity contribution is 5.89. The van der Waals surface area contributed by atoms with E-state index in [-0.39, 0.29) is 6.03 Å². The van der Waals surface area contributed by atoms with E-state index in [0.717, 1.165) is 49.3 Å². The maximum atomic E-state index is 12.6. The summed E-state index contributed by atoms with van der Waals surface area (Å²) < 4.78 is 0. The Labute approximate surface area is 172 Å². The molecule has 0 unspecified atom stereocenters. The Balaban J connectivity index is 1.37. The summed E-state index contributed by atoms with van der Waals surface area (Å²) in [6.07, 6.45) is 2.46. The molecule has 1 aromatic carbocycles. The Bertz CT molecular complexity index is 885. The Hall–Kier alpha value is -2.83. The number of carbonyl (C=O) groups excluding carboxylic acids is 1. The lowest BCUT2D eigenvalue weighted by molar-refractivity contribution is 0.208. The van der Waals surface area contributed by atoms with Crippen LogP contribution in [0, 0.1) is 20.8 Å². The molecule has 0 spiro atoms. The molecule has 29 heavy (non-hydrogen) atoms. The van der Waals surface area contributed by atoms with Crippen molar-refractivity contribution in [2.45, 2.75) is 33.6 Å². The van der Waals surface area contributed by atoms with E-state index in [1.807, 2.05) is 30.0 Å². The van der Waals surface area contributed by atoms with Gasteiger partial charge in [0.2, 0.25) is 5.95 Å². The highest BCUT2D eigenvalue weighted by Gasteiger charge is 2.24. The van der Waals surface area contributed by atoms with Gasteiger partial charge in [-0.2, -0.15) is 4.98 Å². The summed E-state index contributed by atoms with van der Waals surface area (Å²) in [5, 5.41) is 3.02. The molecule has 7 heteroatoms. The zero-order chi connectivity index (χ0) is 20.4. The molecular formula is C22H30N6O. The molecule has 1 aromatic heterocycles. The van der Waals surface area contributed by atoms with Gasteiger partial charge in [0.25, 0.3) is 0 Å². The zero-order valence-electron chi connectivity index (χ0n) is 17.6. The number of amides is 2. The van der Waals surface area contributed by atoms with Gasteiger partial charge in [0.05, 0.1) is 0 Å². The van der Waals surface area contributed by atoms with Crippen LogP contribution >= 0.6 is 0 Å². The molecule has 2 aromatic rings. The maximum Gasteiger partial charge on any atom is 0.321 e. The number of urea groups is 1. The Morgan fingerprint density at radius 3 is 2.28 bits per heavy atom. The molecule has 2 aliphatic heterocycles. The van der Waals surface area contributed by atoms with Gasteiger partial charge in [-0.15, -0.1) is 0 Å². The Morgan fingerprint density at radius 2 is 1.59 bits per heavy atom. The summed E-state index contributed by atoms with van der Waals surface area (Å²) in [6.45, 7) is 11.1. The lowest BCUT2D eigenvalue weighted by atomic mass is 10.1. The van der Waals surface area contributed by atoms with Crippen molar-refractivity contribution in [2.75, 3.05) is 54.4 Å². The summed E-state index contributed by atoms with van der Waals surface area (Å²) in [5.41, 5.74) is 4.24. The third-order valence-corrected chi connectivity index (χ3v) is 5.87. The number of anilines is 3. The van der Waals surface area contributed by atoms with E-state index in [9.17, 15) is 4.79 Å². The van der Waals surface area contributed by atoms with Crippen LogP contribution in [0.3, 0.4) is 0 Å². The SMILES string of the molecule is Cc1cc(N2CCCC2)nc(N2CCN(C(=O)Nc3ccc(C)c(C)c3)CC2)n1. The summed E-state index contributed by atoms with van der Waals surface area (Å²) in [5.74, 6) is 1.81. The monoisotopic (exact) mass is 394 g/mol. The lowest BCUT2D eigenvalue weighted by Gasteiger charge is -2.35. The number of aromatic nitrogens is 2. The van der Waals surface area contributed by atoms with Crippen LogP contribution in [0.4, 0.5) is 22.2 Å². The van der Waals surface area contributed by atoms with Crippen molar-refractivity contribution in [1.82, 2.24) is 14.9 Å². The summed E-state index contributed by atoms with van der Waals surface area (Å²) in [4.78, 5) is 28.5. The molecule has 154 valence electrons. The molecule has 0 aliphatic carbocycles. The minimum atomic E-state index is -0.0455. The average molecular weight is 395 g/mol. The minimum Gasteiger partial charge on any atom is -0.356 e. The number of nitrogens with zero attached hydrogens (tertiary/aromatic N) is 5. The predicted octanol–water partition coefficient (Wildman–Crippen LogP) is 3.36. The predicted molar refractivity (Wildman–Crippen MR) is 117 cm³/mol. The molecule has 2 fully saturated rings. The number of carbonyl (C=O) groups is 1. The number of hydrogen-bond donors (Lipinski definition) is 1. The highest BCUT2D eigenvalue weighted by atomic mass is 16.2. The van der Waals surface area contributed by atoms with Gasteiger partial charge in [-0.25, -0.2) is 9.78 Å². The van der Waals surface area contributed by atoms with Gasteiger partial charge >= 0.3 is 6.03 Å². The van der Waals surface area contributed by atoms with Crippen molar-refractivity contribution in [3.63, 3.8) is 0 Å². The lowest BCUT2D eigenvalue weighted by Crippen LogP contribution is -2.50. The number of rotatable bonds is 3. The third kappa shape index (κ3) is 4.44. The molecule has 0 bridgehead atoms. The summed E-state index contributed by atoms with van der Waals surface area (Å²) in [7, 11) is 0. The van der Waals surface area contributed by atoms with E-state index in [1.165, 1.54) is 24.0 Å². The molecule has 2 aliphatic rings. The first-order valence-electron chi connectivity index (χ1n) is 10.5. The first kappa shape index (κ1) is 19.5. The Kier molecular flexibility index (Phi) is 5.56. The van der Waals surface area contributed by atoms with Crippen molar-refractivity contribution in [1.29, 1.82) is 0 Å². The molecular weight excluding hydrogens is 364 g/mol. The molecule has 0 saturated carbocycles. The number of nitrogens with one attached hydrogen (secondary N) is 1. The van der Waals surface area contributed by atoms with E-state index in [4.69, 9.17) is 4.98 Å². The van der Waals surface area contributed by atoms with Crippen molar-refractivity contribution in [3.8, 4) is 0 Å². The van der Waals surface area contributed by atoms with Gasteiger partial charge in [0, 0.05) is 56.7 Å². The smallest absolute Gasteiger partial charge is 0.321 e. The van der Waals surface area contributed by atoms with E-state index in [2.05, 4.69) is 40.0 Å². The van der Waals surface area contributed by atoms with Gasteiger partial charge in [0.1, 0.15) is 5.82 Å². The van der Waals surface area contributed by atoms with E-state index in [0.29, 0.717) is 13.1 Å². The molecule has 0 radical (unpaired) electrons. The van der Waals surface area contributed by atoms with Gasteiger partial charge < -0.3 is 20.0 Å². The summed E-state index contributed by atoms with van der Waals surface area (Å²) in [6, 6.07) is 8.04. The maximum absolute atomic E-state index is 12.6. The highest BCUT2D eigenvalue weighted by Crippen LogP contribution is 2.22. The Morgan fingerprint density at radius 1 is 0.862 bits per heavy atom. The molecule has 4 rings (SSSR count). The zero-order valence-corrected chi connectivity index (χ0v) is 17.6.